The van der Waals surface area contributed by atoms with Crippen molar-refractivity contribution in [2.24, 2.45) is 0 Å². The molecule has 1 heterocycles. The Hall–Kier alpha value is -1.32. The van der Waals surface area contributed by atoms with Crippen molar-refractivity contribution in [1.82, 2.24) is 5.32 Å². The van der Waals surface area contributed by atoms with Gasteiger partial charge in [-0.2, -0.15) is 0 Å². The van der Waals surface area contributed by atoms with Crippen LogP contribution >= 0.6 is 11.3 Å². The second-order valence-corrected chi connectivity index (χ2v) is 6.18. The second-order valence-electron chi connectivity index (χ2n) is 4.86. The molecule has 3 heteroatoms. The van der Waals surface area contributed by atoms with E-state index in [-0.39, 0.29) is 6.04 Å². The summed E-state index contributed by atoms with van der Waals surface area (Å²) in [6.45, 7) is 6.44. The molecule has 2 unspecified atom stereocenters. The van der Waals surface area contributed by atoms with Gasteiger partial charge < -0.3 is 10.4 Å². The Labute approximate surface area is 119 Å². The predicted octanol–water partition coefficient (Wildman–Crippen LogP) is 4.56. The van der Waals surface area contributed by atoms with Crippen molar-refractivity contribution < 1.29 is 5.11 Å². The maximum absolute atomic E-state index is 9.96. The highest BCUT2D eigenvalue weighted by molar-refractivity contribution is 7.12. The zero-order chi connectivity index (χ0) is 13.8. The van der Waals surface area contributed by atoms with Crippen LogP contribution in [0.2, 0.25) is 0 Å². The number of phenols is 1. The molecular formula is C16H21NOS. The summed E-state index contributed by atoms with van der Waals surface area (Å²) in [4.78, 5) is 2.67. The molecule has 2 N–H and O–H groups in total. The van der Waals surface area contributed by atoms with Crippen molar-refractivity contribution in [3.05, 3.63) is 51.7 Å². The van der Waals surface area contributed by atoms with Gasteiger partial charge in [-0.3, -0.25) is 0 Å². The van der Waals surface area contributed by atoms with Crippen molar-refractivity contribution in [2.75, 3.05) is 0 Å². The highest BCUT2D eigenvalue weighted by Gasteiger charge is 2.17. The predicted molar refractivity (Wildman–Crippen MR) is 81.7 cm³/mol. The molecule has 102 valence electrons. The summed E-state index contributed by atoms with van der Waals surface area (Å²) in [6.07, 6.45) is 0.951. The van der Waals surface area contributed by atoms with Crippen LogP contribution in [0, 0.1) is 6.92 Å². The number of hydrogen-bond acceptors (Lipinski definition) is 3. The number of thiophene rings is 1. The topological polar surface area (TPSA) is 32.3 Å². The average molecular weight is 275 g/mol. The average Bonchev–Trinajstić information content (AvgIpc) is 2.83. The molecule has 0 saturated carbocycles. The van der Waals surface area contributed by atoms with Gasteiger partial charge in [0.25, 0.3) is 0 Å². The lowest BCUT2D eigenvalue weighted by Crippen LogP contribution is -2.23. The number of para-hydroxylation sites is 1. The van der Waals surface area contributed by atoms with Gasteiger partial charge in [-0.05, 0) is 38.5 Å². The molecule has 0 fully saturated rings. The first-order valence-corrected chi connectivity index (χ1v) is 7.53. The molecule has 0 radical (unpaired) electrons. The van der Waals surface area contributed by atoms with Crippen LogP contribution in [0.4, 0.5) is 0 Å². The molecule has 0 spiro atoms. The van der Waals surface area contributed by atoms with Crippen molar-refractivity contribution in [1.29, 1.82) is 0 Å². The van der Waals surface area contributed by atoms with Crippen LogP contribution in [0.25, 0.3) is 0 Å². The molecule has 0 aliphatic rings. The van der Waals surface area contributed by atoms with E-state index in [1.165, 1.54) is 9.75 Å². The first kappa shape index (κ1) is 14.1. The van der Waals surface area contributed by atoms with Gasteiger partial charge in [0.15, 0.2) is 0 Å². The molecule has 2 aromatic rings. The van der Waals surface area contributed by atoms with E-state index in [0.29, 0.717) is 11.8 Å². The summed E-state index contributed by atoms with van der Waals surface area (Å²) < 4.78 is 0. The number of hydrogen-bond donors (Lipinski definition) is 2. The largest absolute Gasteiger partial charge is 0.508 e. The van der Waals surface area contributed by atoms with Crippen LogP contribution in [0.15, 0.2) is 36.4 Å². The Morgan fingerprint density at radius 3 is 2.53 bits per heavy atom. The third-order valence-electron chi connectivity index (χ3n) is 3.36. The maximum atomic E-state index is 9.96. The number of benzene rings is 1. The summed E-state index contributed by atoms with van der Waals surface area (Å²) in [7, 11) is 0. The zero-order valence-electron chi connectivity index (χ0n) is 11.7. The maximum Gasteiger partial charge on any atom is 0.120 e. The molecule has 1 aromatic heterocycles. The van der Waals surface area contributed by atoms with Gasteiger partial charge in [-0.25, -0.2) is 0 Å². The Balaban J connectivity index is 2.13. The molecule has 2 atom stereocenters. The molecule has 0 aliphatic heterocycles. The quantitative estimate of drug-likeness (QED) is 0.838. The van der Waals surface area contributed by atoms with Crippen molar-refractivity contribution in [3.8, 4) is 5.75 Å². The minimum atomic E-state index is 0.179. The molecule has 2 rings (SSSR count). The van der Waals surface area contributed by atoms with Gasteiger partial charge in [-0.15, -0.1) is 11.3 Å². The number of phenolic OH excluding ortho intramolecular Hbond substituents is 1. The molecule has 19 heavy (non-hydrogen) atoms. The molecular weight excluding hydrogens is 254 g/mol. The monoisotopic (exact) mass is 275 g/mol. The normalized spacial score (nSPS) is 14.3. The Kier molecular flexibility index (Phi) is 4.61. The summed E-state index contributed by atoms with van der Waals surface area (Å²) in [5, 5.41) is 13.6. The summed E-state index contributed by atoms with van der Waals surface area (Å²) >= 11 is 1.82. The third-order valence-corrected chi connectivity index (χ3v) is 4.54. The smallest absolute Gasteiger partial charge is 0.120 e. The summed E-state index contributed by atoms with van der Waals surface area (Å²) in [6, 6.07) is 12.4. The summed E-state index contributed by atoms with van der Waals surface area (Å²) in [5.41, 5.74) is 0.977. The van der Waals surface area contributed by atoms with Crippen LogP contribution in [-0.4, -0.2) is 5.11 Å². The Morgan fingerprint density at radius 1 is 1.21 bits per heavy atom. The summed E-state index contributed by atoms with van der Waals surface area (Å²) in [5.74, 6) is 0.372. The molecule has 0 saturated heterocycles. The molecule has 0 amide bonds. The SMILES string of the molecule is CCC(NC(C)c1ccc(C)s1)c1ccccc1O. The van der Waals surface area contributed by atoms with Crippen molar-refractivity contribution in [2.45, 2.75) is 39.3 Å². The van der Waals surface area contributed by atoms with Crippen LogP contribution in [0.3, 0.4) is 0 Å². The lowest BCUT2D eigenvalue weighted by atomic mass is 10.0. The molecule has 0 bridgehead atoms. The Bertz CT molecular complexity index is 535. The minimum absolute atomic E-state index is 0.179. The number of nitrogens with one attached hydrogen (secondary N) is 1. The van der Waals surface area contributed by atoms with E-state index < -0.39 is 0 Å². The fraction of sp³-hybridized carbons (Fsp3) is 0.375. The van der Waals surface area contributed by atoms with Crippen LogP contribution in [-0.2, 0) is 0 Å². The highest BCUT2D eigenvalue weighted by Crippen LogP contribution is 2.30. The molecule has 2 nitrogen and oxygen atoms in total. The lowest BCUT2D eigenvalue weighted by molar-refractivity contribution is 0.421. The van der Waals surface area contributed by atoms with Gasteiger partial charge in [-0.1, -0.05) is 25.1 Å². The van der Waals surface area contributed by atoms with Gasteiger partial charge in [0.2, 0.25) is 0 Å². The number of rotatable bonds is 5. The number of aromatic hydroxyl groups is 1. The Morgan fingerprint density at radius 2 is 1.95 bits per heavy atom. The first-order valence-electron chi connectivity index (χ1n) is 6.72. The lowest BCUT2D eigenvalue weighted by Gasteiger charge is -2.22. The highest BCUT2D eigenvalue weighted by atomic mass is 32.1. The van der Waals surface area contributed by atoms with Crippen LogP contribution < -0.4 is 5.32 Å². The second kappa shape index (κ2) is 6.22. The molecule has 0 aliphatic carbocycles. The van der Waals surface area contributed by atoms with Crippen molar-refractivity contribution in [3.63, 3.8) is 0 Å². The van der Waals surface area contributed by atoms with E-state index in [2.05, 4.69) is 38.2 Å². The van der Waals surface area contributed by atoms with Gasteiger partial charge in [0, 0.05) is 27.4 Å². The fourth-order valence-corrected chi connectivity index (χ4v) is 3.17. The van der Waals surface area contributed by atoms with E-state index in [1.54, 1.807) is 6.07 Å². The van der Waals surface area contributed by atoms with Crippen molar-refractivity contribution >= 4 is 11.3 Å². The standard InChI is InChI=1S/C16H21NOS/c1-4-14(13-7-5-6-8-15(13)18)17-12(3)16-10-9-11(2)19-16/h5-10,12,14,17-18H,4H2,1-3H3. The van der Waals surface area contributed by atoms with Gasteiger partial charge >= 0.3 is 0 Å². The van der Waals surface area contributed by atoms with E-state index >= 15 is 0 Å². The molecule has 1 aromatic carbocycles. The first-order chi connectivity index (χ1) is 9.11. The van der Waals surface area contributed by atoms with E-state index in [4.69, 9.17) is 0 Å². The van der Waals surface area contributed by atoms with Gasteiger partial charge in [0.1, 0.15) is 5.75 Å². The van der Waals surface area contributed by atoms with Gasteiger partial charge in [0.05, 0.1) is 0 Å². The fourth-order valence-electron chi connectivity index (χ4n) is 2.28. The number of aryl methyl sites for hydroxylation is 1. The zero-order valence-corrected chi connectivity index (χ0v) is 12.5. The van der Waals surface area contributed by atoms with E-state index in [0.717, 1.165) is 12.0 Å². The van der Waals surface area contributed by atoms with Crippen LogP contribution in [0.5, 0.6) is 5.75 Å². The van der Waals surface area contributed by atoms with E-state index in [1.807, 2.05) is 29.5 Å². The minimum Gasteiger partial charge on any atom is -0.508 e. The third kappa shape index (κ3) is 3.37. The van der Waals surface area contributed by atoms with Crippen LogP contribution in [0.1, 0.15) is 47.7 Å². The van der Waals surface area contributed by atoms with E-state index in [9.17, 15) is 5.11 Å².